The van der Waals surface area contributed by atoms with E-state index in [0.717, 1.165) is 6.07 Å². The average molecular weight is 270 g/mol. The number of carbonyl (C=O) groups is 1. The Kier molecular flexibility index (Phi) is 2.77. The van der Waals surface area contributed by atoms with Crippen LogP contribution in [-0.2, 0) is 9.68 Å². The van der Waals surface area contributed by atoms with Gasteiger partial charge < -0.3 is 5.21 Å². The fraction of sp³-hybridized carbons (Fsp3) is 0.273. The Morgan fingerprint density at radius 1 is 1.37 bits per heavy atom. The lowest BCUT2D eigenvalue weighted by Gasteiger charge is -2.20. The van der Waals surface area contributed by atoms with E-state index in [9.17, 15) is 18.8 Å². The highest BCUT2D eigenvalue weighted by Gasteiger charge is 2.43. The highest BCUT2D eigenvalue weighted by Crippen LogP contribution is 2.30. The summed E-state index contributed by atoms with van der Waals surface area (Å²) in [5.41, 5.74) is 1.52. The maximum absolute atomic E-state index is 13.1. The van der Waals surface area contributed by atoms with Crippen LogP contribution in [0.25, 0.3) is 0 Å². The molecule has 0 saturated carbocycles. The number of halogens is 2. The fourth-order valence-electron chi connectivity index (χ4n) is 2.07. The van der Waals surface area contributed by atoms with Crippen molar-refractivity contribution in [3.8, 4) is 0 Å². The first-order valence-electron chi connectivity index (χ1n) is 5.50. The van der Waals surface area contributed by atoms with E-state index in [0.29, 0.717) is 6.07 Å². The molecule has 2 heterocycles. The summed E-state index contributed by atoms with van der Waals surface area (Å²) in [6, 6.07) is 1.42. The van der Waals surface area contributed by atoms with Gasteiger partial charge in [0.2, 0.25) is 5.69 Å². The lowest BCUT2D eigenvalue weighted by molar-refractivity contribution is -0.365. The first-order chi connectivity index (χ1) is 9.09. The fourth-order valence-corrected chi connectivity index (χ4v) is 2.07. The van der Waals surface area contributed by atoms with Crippen LogP contribution in [0.1, 0.15) is 16.8 Å². The molecule has 6 nitrogen and oxygen atoms in total. The van der Waals surface area contributed by atoms with Crippen LogP contribution in [0.3, 0.4) is 0 Å². The van der Waals surface area contributed by atoms with Gasteiger partial charge in [-0.1, -0.05) is 5.64 Å². The Hall–Kier alpha value is -1.90. The van der Waals surface area contributed by atoms with Gasteiger partial charge in [-0.05, 0) is 6.07 Å². The van der Waals surface area contributed by atoms with Crippen LogP contribution in [0.15, 0.2) is 12.1 Å². The summed E-state index contributed by atoms with van der Waals surface area (Å²) in [6.45, 7) is 0.244. The van der Waals surface area contributed by atoms with Crippen molar-refractivity contribution in [1.29, 1.82) is 0 Å². The second-order valence-electron chi connectivity index (χ2n) is 4.12. The maximum Gasteiger partial charge on any atom is 0.273 e. The summed E-state index contributed by atoms with van der Waals surface area (Å²) in [7, 11) is 0. The van der Waals surface area contributed by atoms with Crippen molar-refractivity contribution in [2.45, 2.75) is 12.5 Å². The molecule has 100 valence electrons. The van der Waals surface area contributed by atoms with Gasteiger partial charge in [0, 0.05) is 6.42 Å². The predicted molar refractivity (Wildman–Crippen MR) is 57.6 cm³/mol. The Labute approximate surface area is 105 Å². The van der Waals surface area contributed by atoms with E-state index in [-0.39, 0.29) is 34.7 Å². The van der Waals surface area contributed by atoms with Gasteiger partial charge in [0.25, 0.3) is 11.5 Å². The van der Waals surface area contributed by atoms with Gasteiger partial charge >= 0.3 is 0 Å². The highest BCUT2D eigenvalue weighted by atomic mass is 19.2. The van der Waals surface area contributed by atoms with Gasteiger partial charge in [-0.3, -0.25) is 14.5 Å². The average Bonchev–Trinajstić information content (AvgIpc) is 2.64. The first-order valence-corrected chi connectivity index (χ1v) is 5.50. The van der Waals surface area contributed by atoms with Crippen LogP contribution >= 0.6 is 0 Å². The number of ketones is 1. The summed E-state index contributed by atoms with van der Waals surface area (Å²) in [5.74, 6) is -3.02. The van der Waals surface area contributed by atoms with Gasteiger partial charge in [0.1, 0.15) is 5.56 Å². The van der Waals surface area contributed by atoms with Crippen molar-refractivity contribution in [2.75, 3.05) is 6.61 Å². The minimum atomic E-state index is -1.18. The van der Waals surface area contributed by atoms with Crippen LogP contribution in [0.2, 0.25) is 0 Å². The SMILES string of the molecule is O=C1C(C2CCONO2)=[N+]([O-])c2cc(F)c(F)cc21. The zero-order chi connectivity index (χ0) is 13.6. The maximum atomic E-state index is 13.1. The standard InChI is InChI=1S/C11H8F2N2O4/c12-6-3-5-8(4-7(6)13)15(17)10(11(5)16)9-1-2-18-14-19-9/h3-4,9,14H,1-2H2. The molecule has 0 aromatic heterocycles. The van der Waals surface area contributed by atoms with Gasteiger partial charge in [0.15, 0.2) is 17.7 Å². The van der Waals surface area contributed by atoms with Crippen LogP contribution in [0.4, 0.5) is 14.5 Å². The van der Waals surface area contributed by atoms with E-state index in [1.165, 1.54) is 0 Å². The topological polar surface area (TPSA) is 73.6 Å². The Balaban J connectivity index is 2.06. The third-order valence-corrected chi connectivity index (χ3v) is 2.99. The first kappa shape index (κ1) is 12.2. The number of carbonyl (C=O) groups excluding carboxylic acids is 1. The number of hydrogen-bond acceptors (Lipinski definition) is 5. The minimum absolute atomic E-state index is 0.168. The monoisotopic (exact) mass is 270 g/mol. The normalized spacial score (nSPS) is 22.8. The number of rotatable bonds is 1. The molecule has 3 rings (SSSR count). The molecule has 2 aliphatic rings. The second kappa shape index (κ2) is 4.34. The van der Waals surface area contributed by atoms with Crippen molar-refractivity contribution in [1.82, 2.24) is 5.64 Å². The van der Waals surface area contributed by atoms with Crippen molar-refractivity contribution < 1.29 is 28.0 Å². The molecule has 2 aliphatic heterocycles. The van der Waals surface area contributed by atoms with Gasteiger partial charge in [-0.2, -0.15) is 4.74 Å². The molecular weight excluding hydrogens is 262 g/mol. The van der Waals surface area contributed by atoms with Crippen molar-refractivity contribution in [3.63, 3.8) is 0 Å². The lowest BCUT2D eigenvalue weighted by atomic mass is 10.0. The van der Waals surface area contributed by atoms with E-state index in [2.05, 4.69) is 5.64 Å². The van der Waals surface area contributed by atoms with E-state index >= 15 is 0 Å². The van der Waals surface area contributed by atoms with E-state index in [1.807, 2.05) is 0 Å². The molecule has 1 fully saturated rings. The van der Waals surface area contributed by atoms with Gasteiger partial charge in [-0.25, -0.2) is 8.78 Å². The number of Topliss-reactive ketones (excluding diaryl/α,β-unsaturated/α-hetero) is 1. The van der Waals surface area contributed by atoms with E-state index in [1.54, 1.807) is 0 Å². The van der Waals surface area contributed by atoms with Gasteiger partial charge in [0.05, 0.1) is 12.7 Å². The number of hydrogen-bond donors (Lipinski definition) is 1. The minimum Gasteiger partial charge on any atom is -0.618 e. The highest BCUT2D eigenvalue weighted by molar-refractivity contribution is 6.48. The molecule has 0 spiro atoms. The summed E-state index contributed by atoms with van der Waals surface area (Å²) in [6.07, 6.45) is -0.538. The zero-order valence-electron chi connectivity index (χ0n) is 9.48. The lowest BCUT2D eigenvalue weighted by Crippen LogP contribution is -2.41. The molecule has 1 aromatic carbocycles. The van der Waals surface area contributed by atoms with Crippen molar-refractivity contribution >= 4 is 17.2 Å². The van der Waals surface area contributed by atoms with Gasteiger partial charge in [-0.15, -0.1) is 0 Å². The van der Waals surface area contributed by atoms with Crippen LogP contribution in [-0.4, -0.2) is 28.9 Å². The largest absolute Gasteiger partial charge is 0.618 e. The Morgan fingerprint density at radius 2 is 2.11 bits per heavy atom. The number of fused-ring (bicyclic) bond motifs is 1. The quantitative estimate of drug-likeness (QED) is 0.608. The summed E-state index contributed by atoms with van der Waals surface area (Å²) in [5, 5.41) is 12.0. The molecule has 1 saturated heterocycles. The summed E-state index contributed by atoms with van der Waals surface area (Å²) in [4.78, 5) is 21.7. The molecule has 0 bridgehead atoms. The molecule has 1 N–H and O–H groups in total. The number of nitrogens with zero attached hydrogens (tertiary/aromatic N) is 1. The molecule has 0 aliphatic carbocycles. The third-order valence-electron chi connectivity index (χ3n) is 2.99. The van der Waals surface area contributed by atoms with Crippen LogP contribution in [0.5, 0.6) is 0 Å². The zero-order valence-corrected chi connectivity index (χ0v) is 9.48. The molecule has 0 amide bonds. The molecule has 19 heavy (non-hydrogen) atoms. The summed E-state index contributed by atoms with van der Waals surface area (Å²) >= 11 is 0. The Bertz CT molecular complexity index is 597. The van der Waals surface area contributed by atoms with Crippen molar-refractivity contribution in [3.05, 3.63) is 34.5 Å². The molecule has 1 unspecified atom stereocenters. The number of benzene rings is 1. The molecule has 0 radical (unpaired) electrons. The Morgan fingerprint density at radius 3 is 2.79 bits per heavy atom. The van der Waals surface area contributed by atoms with E-state index in [4.69, 9.17) is 9.68 Å². The van der Waals surface area contributed by atoms with E-state index < -0.39 is 23.5 Å². The third kappa shape index (κ3) is 1.81. The molecule has 8 heteroatoms. The summed E-state index contributed by atoms with van der Waals surface area (Å²) < 4.78 is 26.5. The van der Waals surface area contributed by atoms with Crippen molar-refractivity contribution in [2.24, 2.45) is 0 Å². The predicted octanol–water partition coefficient (Wildman–Crippen LogP) is 0.969. The number of nitrogens with one attached hydrogen (secondary N) is 1. The molecular formula is C11H8F2N2O4. The molecule has 1 atom stereocenters. The van der Waals surface area contributed by atoms with Crippen LogP contribution < -0.4 is 5.64 Å². The molecule has 1 aromatic rings. The van der Waals surface area contributed by atoms with Crippen LogP contribution in [0, 0.1) is 16.8 Å². The second-order valence-corrected chi connectivity index (χ2v) is 4.12. The smallest absolute Gasteiger partial charge is 0.273 e.